The zero-order chi connectivity index (χ0) is 17.5. The van der Waals surface area contributed by atoms with Crippen molar-refractivity contribution in [2.45, 2.75) is 20.0 Å². The molecule has 0 atom stereocenters. The minimum absolute atomic E-state index is 0.249. The summed E-state index contributed by atoms with van der Waals surface area (Å²) in [6.45, 7) is 4.01. The van der Waals surface area contributed by atoms with Crippen LogP contribution < -0.4 is 10.1 Å². The molecule has 1 aromatic heterocycles. The molecule has 0 saturated heterocycles. The Kier molecular flexibility index (Phi) is 6.17. The normalized spacial score (nSPS) is 11.5. The Hall–Kier alpha value is -2.57. The van der Waals surface area contributed by atoms with E-state index in [0.717, 1.165) is 23.6 Å². The summed E-state index contributed by atoms with van der Waals surface area (Å²) in [6.07, 6.45) is 3.83. The molecule has 130 valence electrons. The minimum atomic E-state index is -0.361. The number of guanidine groups is 1. The maximum atomic E-state index is 13.8. The number of methoxy groups -OCH3 is 1. The molecule has 1 heterocycles. The van der Waals surface area contributed by atoms with Crippen molar-refractivity contribution >= 4 is 5.96 Å². The molecule has 0 saturated carbocycles. The molecule has 0 aliphatic carbocycles. The number of aromatic nitrogens is 2. The highest BCUT2D eigenvalue weighted by Crippen LogP contribution is 2.18. The van der Waals surface area contributed by atoms with Crippen LogP contribution >= 0.6 is 0 Å². The fourth-order valence-corrected chi connectivity index (χ4v) is 2.41. The molecule has 1 N–H and O–H groups in total. The molecule has 0 fully saturated rings. The highest BCUT2D eigenvalue weighted by atomic mass is 19.1. The fourth-order valence-electron chi connectivity index (χ4n) is 2.41. The minimum Gasteiger partial charge on any atom is -0.494 e. The van der Waals surface area contributed by atoms with E-state index in [9.17, 15) is 4.39 Å². The maximum absolute atomic E-state index is 13.8. The molecule has 0 unspecified atom stereocenters. The summed E-state index contributed by atoms with van der Waals surface area (Å²) >= 11 is 0. The predicted molar refractivity (Wildman–Crippen MR) is 92.7 cm³/mol. The number of nitrogens with zero attached hydrogens (tertiary/aromatic N) is 4. The molecule has 0 amide bonds. The van der Waals surface area contributed by atoms with Crippen LogP contribution in [-0.4, -0.2) is 48.4 Å². The van der Waals surface area contributed by atoms with Crippen LogP contribution in [0.15, 0.2) is 35.6 Å². The van der Waals surface area contributed by atoms with Gasteiger partial charge in [0.25, 0.3) is 0 Å². The smallest absolute Gasteiger partial charge is 0.193 e. The average molecular weight is 333 g/mol. The Labute approximate surface area is 141 Å². The van der Waals surface area contributed by atoms with E-state index in [2.05, 4.69) is 15.4 Å². The first kappa shape index (κ1) is 17.8. The van der Waals surface area contributed by atoms with Gasteiger partial charge >= 0.3 is 0 Å². The van der Waals surface area contributed by atoms with Crippen LogP contribution in [0.1, 0.15) is 11.1 Å². The first-order valence-corrected chi connectivity index (χ1v) is 7.76. The third kappa shape index (κ3) is 4.71. The van der Waals surface area contributed by atoms with Gasteiger partial charge in [0.05, 0.1) is 19.9 Å². The van der Waals surface area contributed by atoms with Crippen LogP contribution in [0, 0.1) is 12.7 Å². The summed E-state index contributed by atoms with van der Waals surface area (Å²) < 4.78 is 20.6. The number of aryl methyl sites for hydroxylation is 1. The lowest BCUT2D eigenvalue weighted by Gasteiger charge is -2.22. The summed E-state index contributed by atoms with van der Waals surface area (Å²) in [7, 11) is 5.10. The molecule has 0 bridgehead atoms. The second-order valence-corrected chi connectivity index (χ2v) is 5.58. The standard InChI is InChI=1S/C17H24FN5O/c1-13-10-21-23(11-13)8-7-20-17(19-2)22(3)12-14-5-6-16(24-4)15(18)9-14/h5-6,9-11H,7-8,12H2,1-4H3,(H,19,20). The third-order valence-electron chi connectivity index (χ3n) is 3.60. The second kappa shape index (κ2) is 8.33. The summed E-state index contributed by atoms with van der Waals surface area (Å²) in [6, 6.07) is 4.96. The molecule has 2 rings (SSSR count). The van der Waals surface area contributed by atoms with E-state index in [1.54, 1.807) is 13.1 Å². The Balaban J connectivity index is 1.89. The van der Waals surface area contributed by atoms with Gasteiger partial charge in [-0.25, -0.2) is 4.39 Å². The van der Waals surface area contributed by atoms with Gasteiger partial charge in [-0.2, -0.15) is 5.10 Å². The summed E-state index contributed by atoms with van der Waals surface area (Å²) in [5.41, 5.74) is 1.99. The van der Waals surface area contributed by atoms with Crippen LogP contribution in [0.4, 0.5) is 4.39 Å². The lowest BCUT2D eigenvalue weighted by molar-refractivity contribution is 0.385. The quantitative estimate of drug-likeness (QED) is 0.649. The van der Waals surface area contributed by atoms with Gasteiger partial charge in [0.15, 0.2) is 17.5 Å². The zero-order valence-corrected chi connectivity index (χ0v) is 14.6. The van der Waals surface area contributed by atoms with Gasteiger partial charge in [0.1, 0.15) is 0 Å². The SMILES string of the molecule is CN=C(NCCn1cc(C)cn1)N(C)Cc1ccc(OC)c(F)c1. The van der Waals surface area contributed by atoms with Gasteiger partial charge in [0.2, 0.25) is 0 Å². The van der Waals surface area contributed by atoms with Gasteiger partial charge in [-0.3, -0.25) is 9.67 Å². The lowest BCUT2D eigenvalue weighted by Crippen LogP contribution is -2.39. The molecular formula is C17H24FN5O. The number of ether oxygens (including phenoxy) is 1. The van der Waals surface area contributed by atoms with Crippen molar-refractivity contribution in [3.05, 3.63) is 47.5 Å². The van der Waals surface area contributed by atoms with Crippen molar-refractivity contribution in [2.75, 3.05) is 27.7 Å². The molecule has 1 aromatic carbocycles. The summed E-state index contributed by atoms with van der Waals surface area (Å²) in [5, 5.41) is 7.53. The van der Waals surface area contributed by atoms with Crippen molar-refractivity contribution in [1.29, 1.82) is 0 Å². The number of nitrogens with one attached hydrogen (secondary N) is 1. The lowest BCUT2D eigenvalue weighted by atomic mass is 10.2. The highest BCUT2D eigenvalue weighted by molar-refractivity contribution is 5.79. The van der Waals surface area contributed by atoms with Gasteiger partial charge < -0.3 is 15.0 Å². The van der Waals surface area contributed by atoms with Gasteiger partial charge in [-0.15, -0.1) is 0 Å². The number of halogens is 1. The van der Waals surface area contributed by atoms with E-state index in [0.29, 0.717) is 13.1 Å². The summed E-state index contributed by atoms with van der Waals surface area (Å²) in [5.74, 6) is 0.633. The molecule has 7 heteroatoms. The van der Waals surface area contributed by atoms with Crippen molar-refractivity contribution < 1.29 is 9.13 Å². The molecule has 0 aliphatic heterocycles. The molecule has 0 aliphatic rings. The predicted octanol–water partition coefficient (Wildman–Crippen LogP) is 2.05. The Morgan fingerprint density at radius 2 is 2.25 bits per heavy atom. The Morgan fingerprint density at radius 1 is 1.46 bits per heavy atom. The van der Waals surface area contributed by atoms with E-state index in [-0.39, 0.29) is 11.6 Å². The summed E-state index contributed by atoms with van der Waals surface area (Å²) in [4.78, 5) is 6.20. The molecular weight excluding hydrogens is 309 g/mol. The molecule has 0 spiro atoms. The Bertz CT molecular complexity index is 698. The van der Waals surface area contributed by atoms with Crippen molar-refractivity contribution in [2.24, 2.45) is 4.99 Å². The van der Waals surface area contributed by atoms with E-state index in [1.807, 2.05) is 42.0 Å². The fraction of sp³-hybridized carbons (Fsp3) is 0.412. The highest BCUT2D eigenvalue weighted by Gasteiger charge is 2.09. The van der Waals surface area contributed by atoms with Gasteiger partial charge in [-0.1, -0.05) is 6.07 Å². The van der Waals surface area contributed by atoms with Crippen LogP contribution in [0.5, 0.6) is 5.75 Å². The van der Waals surface area contributed by atoms with Gasteiger partial charge in [-0.05, 0) is 30.2 Å². The van der Waals surface area contributed by atoms with Crippen LogP contribution in [0.25, 0.3) is 0 Å². The molecule has 2 aromatic rings. The van der Waals surface area contributed by atoms with Crippen LogP contribution in [0.2, 0.25) is 0 Å². The number of hydrogen-bond donors (Lipinski definition) is 1. The van der Waals surface area contributed by atoms with Gasteiger partial charge in [0, 0.05) is 33.4 Å². The molecule has 0 radical (unpaired) electrons. The Morgan fingerprint density at radius 3 is 2.83 bits per heavy atom. The zero-order valence-electron chi connectivity index (χ0n) is 14.6. The average Bonchev–Trinajstić information content (AvgIpc) is 2.97. The van der Waals surface area contributed by atoms with Crippen molar-refractivity contribution in [1.82, 2.24) is 20.0 Å². The third-order valence-corrected chi connectivity index (χ3v) is 3.60. The van der Waals surface area contributed by atoms with Crippen molar-refractivity contribution in [3.63, 3.8) is 0 Å². The maximum Gasteiger partial charge on any atom is 0.193 e. The van der Waals surface area contributed by atoms with E-state index < -0.39 is 0 Å². The number of aliphatic imine (C=N–C) groups is 1. The number of hydrogen-bond acceptors (Lipinski definition) is 3. The molecule has 6 nitrogen and oxygen atoms in total. The monoisotopic (exact) mass is 333 g/mol. The first-order chi connectivity index (χ1) is 11.5. The van der Waals surface area contributed by atoms with E-state index in [4.69, 9.17) is 4.74 Å². The molecule has 24 heavy (non-hydrogen) atoms. The van der Waals surface area contributed by atoms with Crippen LogP contribution in [0.3, 0.4) is 0 Å². The first-order valence-electron chi connectivity index (χ1n) is 7.76. The number of benzene rings is 1. The topological polar surface area (TPSA) is 54.7 Å². The van der Waals surface area contributed by atoms with E-state index >= 15 is 0 Å². The van der Waals surface area contributed by atoms with E-state index in [1.165, 1.54) is 13.2 Å². The van der Waals surface area contributed by atoms with Crippen LogP contribution in [-0.2, 0) is 13.1 Å². The second-order valence-electron chi connectivity index (χ2n) is 5.58. The largest absolute Gasteiger partial charge is 0.494 e. The number of rotatable bonds is 6. The van der Waals surface area contributed by atoms with Crippen molar-refractivity contribution in [3.8, 4) is 5.75 Å².